The van der Waals surface area contributed by atoms with Gasteiger partial charge in [-0.15, -0.1) is 10.2 Å². The lowest BCUT2D eigenvalue weighted by Crippen LogP contribution is -2.28. The number of rotatable bonds is 2. The maximum Gasteiger partial charge on any atom is 0.180 e. The lowest BCUT2D eigenvalue weighted by molar-refractivity contribution is 0.601. The molecule has 1 aliphatic rings. The first-order chi connectivity index (χ1) is 11.5. The van der Waals surface area contributed by atoms with Gasteiger partial charge < -0.3 is 4.90 Å². The van der Waals surface area contributed by atoms with Crippen LogP contribution < -0.4 is 4.90 Å². The minimum atomic E-state index is -3.18. The maximum atomic E-state index is 11.8. The van der Waals surface area contributed by atoms with Gasteiger partial charge in [0.15, 0.2) is 15.5 Å². The van der Waals surface area contributed by atoms with Crippen LogP contribution in [0.4, 0.5) is 5.82 Å². The van der Waals surface area contributed by atoms with Gasteiger partial charge in [-0.05, 0) is 36.1 Å². The zero-order chi connectivity index (χ0) is 16.7. The number of nitrogens with zero attached hydrogens (tertiary/aromatic N) is 5. The molecule has 0 saturated carbocycles. The highest BCUT2D eigenvalue weighted by atomic mass is 32.2. The molecule has 0 aliphatic carbocycles. The van der Waals surface area contributed by atoms with Gasteiger partial charge in [-0.3, -0.25) is 9.38 Å². The summed E-state index contributed by atoms with van der Waals surface area (Å²) in [6.45, 7) is 1.63. The van der Waals surface area contributed by atoms with Crippen LogP contribution in [-0.4, -0.2) is 47.3 Å². The quantitative estimate of drug-likeness (QED) is 0.694. The summed E-state index contributed by atoms with van der Waals surface area (Å²) >= 11 is 0. The fourth-order valence-corrected chi connectivity index (χ4v) is 3.81. The molecule has 0 spiro atoms. The van der Waals surface area contributed by atoms with Gasteiger partial charge in [-0.25, -0.2) is 8.42 Å². The van der Waals surface area contributed by atoms with E-state index in [0.717, 1.165) is 37.3 Å². The number of benzene rings is 1. The van der Waals surface area contributed by atoms with Crippen molar-refractivity contribution in [2.24, 2.45) is 0 Å². The molecule has 3 heterocycles. The topological polar surface area (TPSA) is 80.5 Å². The van der Waals surface area contributed by atoms with E-state index in [1.807, 2.05) is 22.7 Å². The third-order valence-electron chi connectivity index (χ3n) is 4.43. The fourth-order valence-electron chi connectivity index (χ4n) is 3.14. The number of hydrogen-bond acceptors (Lipinski definition) is 6. The second-order valence-electron chi connectivity index (χ2n) is 6.01. The standard InChI is InChI=1S/C16H17N5O2S/c1-24(22,23)14-3-2-12-4-6-20(7-5-13(12)8-14)16-10-17-9-15-19-18-11-21(15)16/h2-3,8-11H,4-7H2,1H3. The number of fused-ring (bicyclic) bond motifs is 2. The van der Waals surface area contributed by atoms with E-state index in [1.165, 1.54) is 11.8 Å². The molecule has 1 aliphatic heterocycles. The third kappa shape index (κ3) is 2.62. The van der Waals surface area contributed by atoms with Crippen LogP contribution in [0.15, 0.2) is 41.8 Å². The predicted molar refractivity (Wildman–Crippen MR) is 90.0 cm³/mol. The van der Waals surface area contributed by atoms with Crippen LogP contribution in [0.25, 0.3) is 5.65 Å². The monoisotopic (exact) mass is 343 g/mol. The van der Waals surface area contributed by atoms with Crippen LogP contribution in [0.5, 0.6) is 0 Å². The van der Waals surface area contributed by atoms with E-state index < -0.39 is 9.84 Å². The van der Waals surface area contributed by atoms with E-state index in [1.54, 1.807) is 18.6 Å². The van der Waals surface area contributed by atoms with Crippen molar-refractivity contribution in [1.29, 1.82) is 0 Å². The van der Waals surface area contributed by atoms with Gasteiger partial charge in [0.25, 0.3) is 0 Å². The van der Waals surface area contributed by atoms with Crippen molar-refractivity contribution < 1.29 is 8.42 Å². The lowest BCUT2D eigenvalue weighted by atomic mass is 10.0. The van der Waals surface area contributed by atoms with Crippen molar-refractivity contribution in [3.05, 3.63) is 48.0 Å². The molecule has 8 heteroatoms. The van der Waals surface area contributed by atoms with Crippen molar-refractivity contribution >= 4 is 21.3 Å². The first-order valence-electron chi connectivity index (χ1n) is 7.73. The van der Waals surface area contributed by atoms with Crippen molar-refractivity contribution in [1.82, 2.24) is 19.6 Å². The van der Waals surface area contributed by atoms with Gasteiger partial charge in [0.05, 0.1) is 17.3 Å². The Kier molecular flexibility index (Phi) is 3.49. The molecule has 0 unspecified atom stereocenters. The van der Waals surface area contributed by atoms with Crippen LogP contribution in [0.2, 0.25) is 0 Å². The highest BCUT2D eigenvalue weighted by Gasteiger charge is 2.18. The maximum absolute atomic E-state index is 11.8. The molecule has 0 N–H and O–H groups in total. The second-order valence-corrected chi connectivity index (χ2v) is 8.03. The Hall–Kier alpha value is -2.48. The van der Waals surface area contributed by atoms with Crippen LogP contribution in [-0.2, 0) is 22.7 Å². The Bertz CT molecular complexity index is 1010. The highest BCUT2D eigenvalue weighted by molar-refractivity contribution is 7.90. The molecule has 2 aromatic heterocycles. The van der Waals surface area contributed by atoms with Crippen molar-refractivity contribution in [2.45, 2.75) is 17.7 Å². The van der Waals surface area contributed by atoms with Crippen LogP contribution in [0.1, 0.15) is 11.1 Å². The first-order valence-corrected chi connectivity index (χ1v) is 9.62. The lowest BCUT2D eigenvalue weighted by Gasteiger charge is -2.22. The second kappa shape index (κ2) is 5.55. The molecular weight excluding hydrogens is 326 g/mol. The van der Waals surface area contributed by atoms with E-state index in [2.05, 4.69) is 20.1 Å². The zero-order valence-corrected chi connectivity index (χ0v) is 14.1. The smallest absolute Gasteiger partial charge is 0.180 e. The molecule has 0 amide bonds. The van der Waals surface area contributed by atoms with E-state index in [4.69, 9.17) is 0 Å². The molecular formula is C16H17N5O2S. The van der Waals surface area contributed by atoms with Crippen LogP contribution in [0.3, 0.4) is 0 Å². The molecule has 124 valence electrons. The van der Waals surface area contributed by atoms with Crippen LogP contribution in [0, 0.1) is 0 Å². The Balaban J connectivity index is 1.67. The summed E-state index contributed by atoms with van der Waals surface area (Å²) < 4.78 is 25.5. The Morgan fingerprint density at radius 2 is 1.88 bits per heavy atom. The molecule has 7 nitrogen and oxygen atoms in total. The van der Waals surface area contributed by atoms with E-state index in [0.29, 0.717) is 10.5 Å². The zero-order valence-electron chi connectivity index (χ0n) is 13.3. The summed E-state index contributed by atoms with van der Waals surface area (Å²) in [5.74, 6) is 0.952. The molecule has 0 saturated heterocycles. The summed E-state index contributed by atoms with van der Waals surface area (Å²) in [4.78, 5) is 6.87. The summed E-state index contributed by atoms with van der Waals surface area (Å²) in [6, 6.07) is 5.45. The van der Waals surface area contributed by atoms with E-state index in [-0.39, 0.29) is 0 Å². The molecule has 4 rings (SSSR count). The fraction of sp³-hybridized carbons (Fsp3) is 0.312. The van der Waals surface area contributed by atoms with Crippen molar-refractivity contribution in [2.75, 3.05) is 24.2 Å². The predicted octanol–water partition coefficient (Wildman–Crippen LogP) is 1.13. The van der Waals surface area contributed by atoms with Gasteiger partial charge in [-0.1, -0.05) is 6.07 Å². The Morgan fingerprint density at radius 1 is 1.08 bits per heavy atom. The highest BCUT2D eigenvalue weighted by Crippen LogP contribution is 2.23. The van der Waals surface area contributed by atoms with Crippen LogP contribution >= 0.6 is 0 Å². The summed E-state index contributed by atoms with van der Waals surface area (Å²) in [5, 5.41) is 7.97. The molecule has 0 bridgehead atoms. The van der Waals surface area contributed by atoms with Crippen molar-refractivity contribution in [3.63, 3.8) is 0 Å². The number of sulfone groups is 1. The SMILES string of the molecule is CS(=O)(=O)c1ccc2c(c1)CCN(c1cncc3nncn13)CC2. The minimum Gasteiger partial charge on any atom is -0.356 e. The van der Waals surface area contributed by atoms with Gasteiger partial charge >= 0.3 is 0 Å². The van der Waals surface area contributed by atoms with Gasteiger partial charge in [-0.2, -0.15) is 0 Å². The molecule has 0 atom stereocenters. The molecule has 3 aromatic rings. The number of anilines is 1. The summed E-state index contributed by atoms with van der Waals surface area (Å²) in [5.41, 5.74) is 3.02. The first kappa shape index (κ1) is 15.1. The number of hydrogen-bond donors (Lipinski definition) is 0. The van der Waals surface area contributed by atoms with Crippen molar-refractivity contribution in [3.8, 4) is 0 Å². The van der Waals surface area contributed by atoms with E-state index in [9.17, 15) is 8.42 Å². The largest absolute Gasteiger partial charge is 0.356 e. The Morgan fingerprint density at radius 3 is 2.67 bits per heavy atom. The molecule has 0 fully saturated rings. The average molecular weight is 343 g/mol. The van der Waals surface area contributed by atoms with Gasteiger partial charge in [0.2, 0.25) is 0 Å². The average Bonchev–Trinajstić information content (AvgIpc) is 2.93. The normalized spacial score (nSPS) is 15.3. The molecule has 1 aromatic carbocycles. The van der Waals surface area contributed by atoms with Gasteiger partial charge in [0.1, 0.15) is 12.1 Å². The minimum absolute atomic E-state index is 0.386. The van der Waals surface area contributed by atoms with E-state index >= 15 is 0 Å². The molecule has 0 radical (unpaired) electrons. The summed E-state index contributed by atoms with van der Waals surface area (Å²) in [6.07, 6.45) is 8.08. The van der Waals surface area contributed by atoms with Gasteiger partial charge in [0, 0.05) is 19.3 Å². The number of aromatic nitrogens is 4. The summed E-state index contributed by atoms with van der Waals surface area (Å²) in [7, 11) is -3.18. The Labute approximate surface area is 139 Å². The third-order valence-corrected chi connectivity index (χ3v) is 5.54. The molecule has 24 heavy (non-hydrogen) atoms.